The molecule has 0 aliphatic carbocycles. The van der Waals surface area contributed by atoms with Crippen LogP contribution in [0, 0.1) is 5.82 Å². The minimum atomic E-state index is -4.52. The number of benzene rings is 1. The number of rotatable bonds is 5. The Balaban J connectivity index is 2.56. The number of hydrogen-bond acceptors (Lipinski definition) is 3. The molecule has 0 saturated carbocycles. The number of anilines is 1. The van der Waals surface area contributed by atoms with Gasteiger partial charge in [0.25, 0.3) is 0 Å². The van der Waals surface area contributed by atoms with E-state index in [-0.39, 0.29) is 16.2 Å². The molecule has 0 aliphatic rings. The Morgan fingerprint density at radius 1 is 1.40 bits per heavy atom. The summed E-state index contributed by atoms with van der Waals surface area (Å²) in [6, 6.07) is 3.58. The van der Waals surface area contributed by atoms with Crippen LogP contribution in [0.2, 0.25) is 0 Å². The van der Waals surface area contributed by atoms with Crippen LogP contribution in [0.4, 0.5) is 23.2 Å². The van der Waals surface area contributed by atoms with Crippen LogP contribution in [0.3, 0.4) is 0 Å². The lowest BCUT2D eigenvalue weighted by Crippen LogP contribution is -2.24. The fourth-order valence-corrected chi connectivity index (χ4v) is 1.34. The van der Waals surface area contributed by atoms with Gasteiger partial charge in [-0.3, -0.25) is 4.79 Å². The highest BCUT2D eigenvalue weighted by molar-refractivity contribution is 7.80. The second-order valence-electron chi connectivity index (χ2n) is 3.72. The number of alkyl halides is 3. The Hall–Kier alpha value is -1.74. The van der Waals surface area contributed by atoms with Crippen LogP contribution in [0.1, 0.15) is 5.56 Å². The van der Waals surface area contributed by atoms with Gasteiger partial charge in [-0.2, -0.15) is 13.2 Å². The van der Waals surface area contributed by atoms with Gasteiger partial charge in [0.15, 0.2) is 0 Å². The summed E-state index contributed by atoms with van der Waals surface area (Å²) < 4.78 is 53.0. The van der Waals surface area contributed by atoms with Gasteiger partial charge in [0, 0.05) is 5.56 Å². The average Bonchev–Trinajstić information content (AvgIpc) is 2.29. The van der Waals surface area contributed by atoms with E-state index in [1.54, 1.807) is 0 Å². The normalized spacial score (nSPS) is 11.2. The third-order valence-electron chi connectivity index (χ3n) is 2.03. The molecule has 0 saturated heterocycles. The van der Waals surface area contributed by atoms with E-state index >= 15 is 0 Å². The maximum Gasteiger partial charge on any atom is 0.411 e. The minimum Gasteiger partial charge on any atom is -0.389 e. The largest absolute Gasteiger partial charge is 0.411 e. The van der Waals surface area contributed by atoms with E-state index in [0.717, 1.165) is 6.07 Å². The maximum absolute atomic E-state index is 13.5. The third-order valence-corrected chi connectivity index (χ3v) is 2.26. The van der Waals surface area contributed by atoms with Crippen molar-refractivity contribution in [1.82, 2.24) is 0 Å². The van der Waals surface area contributed by atoms with Gasteiger partial charge in [0.2, 0.25) is 5.91 Å². The summed E-state index contributed by atoms with van der Waals surface area (Å²) in [5.74, 6) is -1.71. The molecule has 1 aromatic carbocycles. The van der Waals surface area contributed by atoms with E-state index in [9.17, 15) is 22.4 Å². The molecular formula is C11H10F4N2O2S. The van der Waals surface area contributed by atoms with E-state index in [4.69, 9.17) is 5.73 Å². The average molecular weight is 310 g/mol. The molecule has 1 rings (SSSR count). The van der Waals surface area contributed by atoms with Crippen molar-refractivity contribution in [2.45, 2.75) is 6.18 Å². The zero-order valence-electron chi connectivity index (χ0n) is 9.96. The van der Waals surface area contributed by atoms with Crippen LogP contribution >= 0.6 is 12.2 Å². The summed E-state index contributed by atoms with van der Waals surface area (Å²) in [5, 5.41) is 2.07. The summed E-state index contributed by atoms with van der Waals surface area (Å²) in [6.45, 7) is -2.39. The SMILES string of the molecule is NC(=S)c1ccc(NC(=O)COCC(F)(F)F)c(F)c1. The highest BCUT2D eigenvalue weighted by Crippen LogP contribution is 2.16. The maximum atomic E-state index is 13.5. The fraction of sp³-hybridized carbons (Fsp3) is 0.273. The van der Waals surface area contributed by atoms with E-state index < -0.39 is 31.1 Å². The van der Waals surface area contributed by atoms with E-state index in [2.05, 4.69) is 22.3 Å². The number of ether oxygens (including phenoxy) is 1. The standard InChI is InChI=1S/C11H10F4N2O2S/c12-7-3-6(10(16)20)1-2-8(7)17-9(18)4-19-5-11(13,14)15/h1-3H,4-5H2,(H2,16,20)(H,17,18). The molecular weight excluding hydrogens is 300 g/mol. The van der Waals surface area contributed by atoms with Crippen molar-refractivity contribution >= 4 is 28.8 Å². The number of nitrogens with two attached hydrogens (primary N) is 1. The molecule has 1 aromatic rings. The molecule has 1 amide bonds. The topological polar surface area (TPSA) is 64.3 Å². The zero-order chi connectivity index (χ0) is 15.3. The molecule has 0 atom stereocenters. The Bertz CT molecular complexity index is 520. The number of hydrogen-bond donors (Lipinski definition) is 2. The molecule has 0 heterocycles. The van der Waals surface area contributed by atoms with Crippen LogP contribution in [-0.4, -0.2) is 30.3 Å². The molecule has 3 N–H and O–H groups in total. The van der Waals surface area contributed by atoms with Crippen molar-refractivity contribution in [1.29, 1.82) is 0 Å². The molecule has 4 nitrogen and oxygen atoms in total. The molecule has 20 heavy (non-hydrogen) atoms. The molecule has 110 valence electrons. The minimum absolute atomic E-state index is 0.0183. The Kier molecular flexibility index (Phi) is 5.40. The predicted octanol–water partition coefficient (Wildman–Crippen LogP) is 1.98. The van der Waals surface area contributed by atoms with Crippen molar-refractivity contribution in [3.05, 3.63) is 29.6 Å². The zero-order valence-corrected chi connectivity index (χ0v) is 10.8. The van der Waals surface area contributed by atoms with Crippen LogP contribution in [-0.2, 0) is 9.53 Å². The first-order chi connectivity index (χ1) is 9.19. The highest BCUT2D eigenvalue weighted by Gasteiger charge is 2.27. The lowest BCUT2D eigenvalue weighted by atomic mass is 10.2. The van der Waals surface area contributed by atoms with Crippen molar-refractivity contribution in [3.8, 4) is 0 Å². The number of thiocarbonyl (C=S) groups is 1. The van der Waals surface area contributed by atoms with Crippen LogP contribution in [0.5, 0.6) is 0 Å². The second kappa shape index (κ2) is 6.62. The van der Waals surface area contributed by atoms with Crippen molar-refractivity contribution in [2.75, 3.05) is 18.5 Å². The molecule has 9 heteroatoms. The van der Waals surface area contributed by atoms with E-state index in [0.29, 0.717) is 0 Å². The van der Waals surface area contributed by atoms with Crippen LogP contribution in [0.15, 0.2) is 18.2 Å². The lowest BCUT2D eigenvalue weighted by Gasteiger charge is -2.09. The number of amides is 1. The van der Waals surface area contributed by atoms with Gasteiger partial charge >= 0.3 is 6.18 Å². The lowest BCUT2D eigenvalue weighted by molar-refractivity contribution is -0.174. The van der Waals surface area contributed by atoms with E-state index in [1.165, 1.54) is 12.1 Å². The summed E-state index contributed by atoms with van der Waals surface area (Å²) >= 11 is 4.64. The Labute approximate surface area is 116 Å². The fourth-order valence-electron chi connectivity index (χ4n) is 1.22. The predicted molar refractivity (Wildman–Crippen MR) is 67.8 cm³/mol. The highest BCUT2D eigenvalue weighted by atomic mass is 32.1. The monoisotopic (exact) mass is 310 g/mol. The van der Waals surface area contributed by atoms with Crippen LogP contribution in [0.25, 0.3) is 0 Å². The summed E-state index contributed by atoms with van der Waals surface area (Å²) in [7, 11) is 0. The first kappa shape index (κ1) is 16.3. The van der Waals surface area contributed by atoms with Gasteiger partial charge in [-0.1, -0.05) is 12.2 Å². The number of carbonyl (C=O) groups is 1. The molecule has 0 unspecified atom stereocenters. The molecule has 0 fully saturated rings. The van der Waals surface area contributed by atoms with Gasteiger partial charge in [-0.25, -0.2) is 4.39 Å². The molecule has 0 aromatic heterocycles. The van der Waals surface area contributed by atoms with Crippen molar-refractivity contribution in [3.63, 3.8) is 0 Å². The first-order valence-corrected chi connectivity index (χ1v) is 5.63. The van der Waals surface area contributed by atoms with Crippen molar-refractivity contribution in [2.24, 2.45) is 5.73 Å². The van der Waals surface area contributed by atoms with Gasteiger partial charge < -0.3 is 15.8 Å². The molecule has 0 aliphatic heterocycles. The van der Waals surface area contributed by atoms with Crippen molar-refractivity contribution < 1.29 is 27.1 Å². The van der Waals surface area contributed by atoms with Gasteiger partial charge in [-0.05, 0) is 18.2 Å². The van der Waals surface area contributed by atoms with Gasteiger partial charge in [0.1, 0.15) is 24.0 Å². The Morgan fingerprint density at radius 2 is 2.05 bits per heavy atom. The second-order valence-corrected chi connectivity index (χ2v) is 4.15. The van der Waals surface area contributed by atoms with Gasteiger partial charge in [-0.15, -0.1) is 0 Å². The molecule has 0 bridgehead atoms. The van der Waals surface area contributed by atoms with Gasteiger partial charge in [0.05, 0.1) is 5.69 Å². The summed E-state index contributed by atoms with van der Waals surface area (Å²) in [5.41, 5.74) is 5.36. The smallest absolute Gasteiger partial charge is 0.389 e. The number of halogens is 4. The summed E-state index contributed by atoms with van der Waals surface area (Å²) in [6.07, 6.45) is -4.52. The number of carbonyl (C=O) groups excluding carboxylic acids is 1. The molecule has 0 spiro atoms. The summed E-state index contributed by atoms with van der Waals surface area (Å²) in [4.78, 5) is 11.2. The quantitative estimate of drug-likeness (QED) is 0.645. The third kappa shape index (κ3) is 5.49. The van der Waals surface area contributed by atoms with Crippen LogP contribution < -0.4 is 11.1 Å². The first-order valence-electron chi connectivity index (χ1n) is 5.23. The Morgan fingerprint density at radius 3 is 2.55 bits per heavy atom. The molecule has 0 radical (unpaired) electrons. The van der Waals surface area contributed by atoms with E-state index in [1.807, 2.05) is 0 Å². The number of nitrogens with one attached hydrogen (secondary N) is 1.